The fourth-order valence-electron chi connectivity index (χ4n) is 0.801. The number of ether oxygens (including phenoxy) is 1. The van der Waals surface area contributed by atoms with Crippen LogP contribution in [-0.2, 0) is 11.2 Å². The van der Waals surface area contributed by atoms with E-state index < -0.39 is 13.0 Å². The number of nitrogens with zero attached hydrogens (tertiary/aromatic N) is 3. The highest BCUT2D eigenvalue weighted by Crippen LogP contribution is 1.96. The van der Waals surface area contributed by atoms with Crippen molar-refractivity contribution in [3.05, 3.63) is 12.2 Å². The van der Waals surface area contributed by atoms with Crippen molar-refractivity contribution in [2.24, 2.45) is 0 Å². The van der Waals surface area contributed by atoms with E-state index in [4.69, 9.17) is 5.73 Å². The van der Waals surface area contributed by atoms with Crippen molar-refractivity contribution in [2.45, 2.75) is 12.8 Å². The molecular weight excluding hydrogens is 194 g/mol. The molecule has 14 heavy (non-hydrogen) atoms. The number of nitrogen functional groups attached to an aromatic ring is 1. The lowest BCUT2D eigenvalue weighted by molar-refractivity contribution is 0.0183. The Kier molecular flexibility index (Phi) is 4.11. The van der Waals surface area contributed by atoms with E-state index in [0.717, 1.165) is 0 Å². The zero-order valence-corrected chi connectivity index (χ0v) is 7.36. The summed E-state index contributed by atoms with van der Waals surface area (Å²) in [6, 6.07) is 0. The van der Waals surface area contributed by atoms with E-state index in [-0.39, 0.29) is 12.6 Å². The molecule has 1 rings (SSSR count). The van der Waals surface area contributed by atoms with Gasteiger partial charge in [0.15, 0.2) is 0 Å². The molecule has 78 valence electrons. The molecule has 1 aromatic rings. The Labute approximate surface area is 79.3 Å². The third-order valence-electron chi connectivity index (χ3n) is 1.35. The van der Waals surface area contributed by atoms with Gasteiger partial charge in [0.2, 0.25) is 5.95 Å². The van der Waals surface area contributed by atoms with E-state index in [1.807, 2.05) is 0 Å². The van der Waals surface area contributed by atoms with Crippen molar-refractivity contribution < 1.29 is 13.5 Å². The van der Waals surface area contributed by atoms with Crippen LogP contribution in [0.4, 0.5) is 14.7 Å². The third kappa shape index (κ3) is 4.04. The SMILES string of the molecule is Nc1ncnc(CCOCC(F)F)n1. The van der Waals surface area contributed by atoms with Crippen LogP contribution in [0.5, 0.6) is 0 Å². The number of rotatable bonds is 5. The minimum absolute atomic E-state index is 0.115. The van der Waals surface area contributed by atoms with Gasteiger partial charge in [-0.1, -0.05) is 0 Å². The summed E-state index contributed by atoms with van der Waals surface area (Å²) in [4.78, 5) is 11.2. The van der Waals surface area contributed by atoms with Crippen LogP contribution in [0.3, 0.4) is 0 Å². The van der Waals surface area contributed by atoms with Gasteiger partial charge < -0.3 is 10.5 Å². The molecule has 1 heterocycles. The molecule has 1 aromatic heterocycles. The molecule has 0 saturated carbocycles. The summed E-state index contributed by atoms with van der Waals surface area (Å²) in [5.74, 6) is 0.552. The summed E-state index contributed by atoms with van der Waals surface area (Å²) in [6.07, 6.45) is -0.831. The summed E-state index contributed by atoms with van der Waals surface area (Å²) < 4.78 is 27.9. The number of halogens is 2. The Morgan fingerprint density at radius 2 is 2.21 bits per heavy atom. The summed E-state index contributed by atoms with van der Waals surface area (Å²) in [5.41, 5.74) is 5.29. The highest BCUT2D eigenvalue weighted by Gasteiger charge is 2.02. The number of hydrogen-bond donors (Lipinski definition) is 1. The molecule has 0 bridgehead atoms. The highest BCUT2D eigenvalue weighted by atomic mass is 19.3. The van der Waals surface area contributed by atoms with Gasteiger partial charge in [-0.2, -0.15) is 4.98 Å². The first-order valence-electron chi connectivity index (χ1n) is 3.98. The molecule has 0 spiro atoms. The maximum absolute atomic E-state index is 11.6. The second-order valence-corrected chi connectivity index (χ2v) is 2.48. The Bertz CT molecular complexity index is 284. The van der Waals surface area contributed by atoms with E-state index in [0.29, 0.717) is 12.2 Å². The van der Waals surface area contributed by atoms with Gasteiger partial charge in [-0.25, -0.2) is 18.7 Å². The molecule has 0 aliphatic heterocycles. The van der Waals surface area contributed by atoms with Gasteiger partial charge in [-0.3, -0.25) is 0 Å². The van der Waals surface area contributed by atoms with E-state index in [1.165, 1.54) is 6.33 Å². The second-order valence-electron chi connectivity index (χ2n) is 2.48. The third-order valence-corrected chi connectivity index (χ3v) is 1.35. The Hall–Kier alpha value is -1.37. The van der Waals surface area contributed by atoms with Crippen molar-refractivity contribution in [2.75, 3.05) is 18.9 Å². The van der Waals surface area contributed by atoms with Crippen LogP contribution in [-0.4, -0.2) is 34.6 Å². The quantitative estimate of drug-likeness (QED) is 0.697. The molecule has 2 N–H and O–H groups in total. The molecule has 0 atom stereocenters. The monoisotopic (exact) mass is 204 g/mol. The molecule has 0 fully saturated rings. The van der Waals surface area contributed by atoms with Crippen molar-refractivity contribution in [1.82, 2.24) is 15.0 Å². The van der Waals surface area contributed by atoms with Gasteiger partial charge in [0.05, 0.1) is 6.61 Å². The van der Waals surface area contributed by atoms with E-state index in [9.17, 15) is 8.78 Å². The first kappa shape index (κ1) is 10.7. The van der Waals surface area contributed by atoms with Crippen LogP contribution in [0.2, 0.25) is 0 Å². The largest absolute Gasteiger partial charge is 0.375 e. The lowest BCUT2D eigenvalue weighted by Gasteiger charge is -2.02. The minimum atomic E-state index is -2.45. The van der Waals surface area contributed by atoms with Crippen molar-refractivity contribution in [1.29, 1.82) is 0 Å². The summed E-state index contributed by atoms with van der Waals surface area (Å²) >= 11 is 0. The zero-order valence-electron chi connectivity index (χ0n) is 7.36. The first-order valence-corrected chi connectivity index (χ1v) is 3.98. The van der Waals surface area contributed by atoms with Gasteiger partial charge in [-0.15, -0.1) is 0 Å². The van der Waals surface area contributed by atoms with Gasteiger partial charge in [-0.05, 0) is 0 Å². The molecule has 7 heteroatoms. The van der Waals surface area contributed by atoms with E-state index in [2.05, 4.69) is 19.7 Å². The van der Waals surface area contributed by atoms with Gasteiger partial charge in [0.25, 0.3) is 6.43 Å². The van der Waals surface area contributed by atoms with Gasteiger partial charge >= 0.3 is 0 Å². The maximum atomic E-state index is 11.6. The predicted octanol–water partition coefficient (Wildman–Crippen LogP) is 0.278. The maximum Gasteiger partial charge on any atom is 0.261 e. The molecule has 0 aliphatic rings. The normalized spacial score (nSPS) is 10.8. The summed E-state index contributed by atoms with van der Waals surface area (Å²) in [6.45, 7) is -0.422. The smallest absolute Gasteiger partial charge is 0.261 e. The molecule has 0 unspecified atom stereocenters. The van der Waals surface area contributed by atoms with Crippen LogP contribution in [0, 0.1) is 0 Å². The lowest BCUT2D eigenvalue weighted by atomic mass is 10.4. The fourth-order valence-corrected chi connectivity index (χ4v) is 0.801. The number of anilines is 1. The topological polar surface area (TPSA) is 73.9 Å². The van der Waals surface area contributed by atoms with Crippen molar-refractivity contribution >= 4 is 5.95 Å². The molecule has 0 aliphatic carbocycles. The van der Waals surface area contributed by atoms with Crippen LogP contribution in [0.15, 0.2) is 6.33 Å². The van der Waals surface area contributed by atoms with Gasteiger partial charge in [0.1, 0.15) is 18.8 Å². The molecule has 0 saturated heterocycles. The van der Waals surface area contributed by atoms with Crippen LogP contribution < -0.4 is 5.73 Å². The van der Waals surface area contributed by atoms with E-state index in [1.54, 1.807) is 0 Å². The Morgan fingerprint density at radius 3 is 2.86 bits per heavy atom. The average molecular weight is 204 g/mol. The number of alkyl halides is 2. The molecule has 0 aromatic carbocycles. The minimum Gasteiger partial charge on any atom is -0.375 e. The van der Waals surface area contributed by atoms with Crippen LogP contribution in [0.1, 0.15) is 5.82 Å². The summed E-state index contributed by atoms with van der Waals surface area (Å²) in [7, 11) is 0. The van der Waals surface area contributed by atoms with Gasteiger partial charge in [0, 0.05) is 6.42 Å². The number of hydrogen-bond acceptors (Lipinski definition) is 5. The molecule has 0 radical (unpaired) electrons. The predicted molar refractivity (Wildman–Crippen MR) is 44.8 cm³/mol. The second kappa shape index (κ2) is 5.38. The van der Waals surface area contributed by atoms with E-state index >= 15 is 0 Å². The fraction of sp³-hybridized carbons (Fsp3) is 0.571. The van der Waals surface area contributed by atoms with Crippen LogP contribution >= 0.6 is 0 Å². The van der Waals surface area contributed by atoms with Crippen molar-refractivity contribution in [3.63, 3.8) is 0 Å². The van der Waals surface area contributed by atoms with Crippen molar-refractivity contribution in [3.8, 4) is 0 Å². The highest BCUT2D eigenvalue weighted by molar-refractivity contribution is 5.12. The molecule has 5 nitrogen and oxygen atoms in total. The Balaban J connectivity index is 2.25. The lowest BCUT2D eigenvalue weighted by Crippen LogP contribution is -2.09. The zero-order chi connectivity index (χ0) is 10.4. The average Bonchev–Trinajstić information content (AvgIpc) is 2.12. The summed E-state index contributed by atoms with van der Waals surface area (Å²) in [5, 5.41) is 0. The van der Waals surface area contributed by atoms with Crippen LogP contribution in [0.25, 0.3) is 0 Å². The number of nitrogens with two attached hydrogens (primary N) is 1. The Morgan fingerprint density at radius 1 is 1.43 bits per heavy atom. The first-order chi connectivity index (χ1) is 6.68. The standard InChI is InChI=1S/C7H10F2N4O/c8-5(9)3-14-2-1-6-11-4-12-7(10)13-6/h4-5H,1-3H2,(H2,10,11,12,13). The molecule has 0 amide bonds. The molecular formula is C7H10F2N4O. The number of aromatic nitrogens is 3.